The second-order valence-corrected chi connectivity index (χ2v) is 5.13. The number of aryl methyl sites for hydroxylation is 1. The fourth-order valence-electron chi connectivity index (χ4n) is 1.44. The molecule has 2 aromatic rings. The van der Waals surface area contributed by atoms with Gasteiger partial charge in [0.25, 0.3) is 11.5 Å². The highest BCUT2D eigenvalue weighted by atomic mass is 32.1. The summed E-state index contributed by atoms with van der Waals surface area (Å²) >= 11 is 1.55. The number of aromatic amines is 1. The third kappa shape index (κ3) is 2.80. The fourth-order valence-corrected chi connectivity index (χ4v) is 2.29. The minimum absolute atomic E-state index is 0.221. The first kappa shape index (κ1) is 12.4. The van der Waals surface area contributed by atoms with Gasteiger partial charge < -0.3 is 4.90 Å². The predicted molar refractivity (Wildman–Crippen MR) is 67.5 cm³/mol. The molecule has 0 spiro atoms. The Balaban J connectivity index is 2.09. The second kappa shape index (κ2) is 5.09. The van der Waals surface area contributed by atoms with Crippen LogP contribution in [-0.4, -0.2) is 33.0 Å². The van der Waals surface area contributed by atoms with E-state index in [4.69, 9.17) is 0 Å². The SMILES string of the molecule is Cc1ncc(CN(C)C(=O)c2ccc(=O)[nH]n2)s1. The molecule has 0 aliphatic rings. The maximum Gasteiger partial charge on any atom is 0.274 e. The van der Waals surface area contributed by atoms with Crippen LogP contribution in [0.25, 0.3) is 0 Å². The minimum Gasteiger partial charge on any atom is -0.335 e. The highest BCUT2D eigenvalue weighted by Gasteiger charge is 2.14. The van der Waals surface area contributed by atoms with E-state index in [-0.39, 0.29) is 17.2 Å². The van der Waals surface area contributed by atoms with Crippen molar-refractivity contribution in [2.45, 2.75) is 13.5 Å². The van der Waals surface area contributed by atoms with Crippen LogP contribution in [-0.2, 0) is 6.54 Å². The van der Waals surface area contributed by atoms with E-state index in [9.17, 15) is 9.59 Å². The number of carbonyl (C=O) groups excluding carboxylic acids is 1. The Bertz CT molecular complexity index is 599. The number of nitrogens with one attached hydrogen (secondary N) is 1. The van der Waals surface area contributed by atoms with Gasteiger partial charge in [-0.1, -0.05) is 0 Å². The highest BCUT2D eigenvalue weighted by molar-refractivity contribution is 7.11. The van der Waals surface area contributed by atoms with E-state index in [1.165, 1.54) is 17.0 Å². The van der Waals surface area contributed by atoms with Gasteiger partial charge in [0.15, 0.2) is 0 Å². The van der Waals surface area contributed by atoms with Crippen LogP contribution < -0.4 is 5.56 Å². The van der Waals surface area contributed by atoms with Crippen LogP contribution >= 0.6 is 11.3 Å². The summed E-state index contributed by atoms with van der Waals surface area (Å²) in [4.78, 5) is 29.5. The van der Waals surface area contributed by atoms with E-state index >= 15 is 0 Å². The normalized spacial score (nSPS) is 10.3. The molecule has 6 nitrogen and oxygen atoms in total. The molecular formula is C11H12N4O2S. The summed E-state index contributed by atoms with van der Waals surface area (Å²) in [5.74, 6) is -0.239. The Kier molecular flexibility index (Phi) is 3.52. The molecule has 7 heteroatoms. The zero-order chi connectivity index (χ0) is 13.1. The topological polar surface area (TPSA) is 79.0 Å². The number of aromatic nitrogens is 3. The molecule has 0 radical (unpaired) electrons. The molecule has 0 aliphatic heterocycles. The van der Waals surface area contributed by atoms with E-state index in [1.54, 1.807) is 24.6 Å². The van der Waals surface area contributed by atoms with Gasteiger partial charge in [0.1, 0.15) is 5.69 Å². The molecule has 0 fully saturated rings. The number of H-pyrrole nitrogens is 1. The van der Waals surface area contributed by atoms with Gasteiger partial charge in [0.05, 0.1) is 11.6 Å². The summed E-state index contributed by atoms with van der Waals surface area (Å²) in [6.45, 7) is 2.39. The van der Waals surface area contributed by atoms with Gasteiger partial charge in [-0.05, 0) is 13.0 Å². The van der Waals surface area contributed by atoms with Crippen molar-refractivity contribution in [2.24, 2.45) is 0 Å². The number of hydrogen-bond donors (Lipinski definition) is 1. The molecule has 1 amide bonds. The smallest absolute Gasteiger partial charge is 0.274 e. The molecule has 1 N–H and O–H groups in total. The van der Waals surface area contributed by atoms with E-state index in [2.05, 4.69) is 15.2 Å². The molecule has 2 aromatic heterocycles. The molecule has 0 unspecified atom stereocenters. The summed E-state index contributed by atoms with van der Waals surface area (Å²) in [6.07, 6.45) is 1.75. The Morgan fingerprint density at radius 1 is 1.50 bits per heavy atom. The Hall–Kier alpha value is -2.02. The molecule has 18 heavy (non-hydrogen) atoms. The highest BCUT2D eigenvalue weighted by Crippen LogP contribution is 2.14. The maximum atomic E-state index is 12.0. The van der Waals surface area contributed by atoms with Crippen molar-refractivity contribution in [2.75, 3.05) is 7.05 Å². The zero-order valence-corrected chi connectivity index (χ0v) is 10.8. The monoisotopic (exact) mass is 264 g/mol. The van der Waals surface area contributed by atoms with Crippen molar-refractivity contribution in [3.05, 3.63) is 44.3 Å². The number of rotatable bonds is 3. The van der Waals surface area contributed by atoms with E-state index in [0.29, 0.717) is 6.54 Å². The quantitative estimate of drug-likeness (QED) is 0.889. The average molecular weight is 264 g/mol. The molecule has 0 aliphatic carbocycles. The van der Waals surface area contributed by atoms with Gasteiger partial charge in [0.2, 0.25) is 0 Å². The Morgan fingerprint density at radius 3 is 2.83 bits per heavy atom. The largest absolute Gasteiger partial charge is 0.335 e. The number of nitrogens with zero attached hydrogens (tertiary/aromatic N) is 3. The first-order valence-electron chi connectivity index (χ1n) is 5.29. The van der Waals surface area contributed by atoms with Crippen LogP contribution in [0.2, 0.25) is 0 Å². The lowest BCUT2D eigenvalue weighted by Crippen LogP contribution is -2.27. The fraction of sp³-hybridized carbons (Fsp3) is 0.273. The van der Waals surface area contributed by atoms with Crippen LogP contribution in [0, 0.1) is 6.92 Å². The molecule has 0 saturated carbocycles. The van der Waals surface area contributed by atoms with Gasteiger partial charge in [0, 0.05) is 24.2 Å². The van der Waals surface area contributed by atoms with Gasteiger partial charge in [-0.15, -0.1) is 11.3 Å². The van der Waals surface area contributed by atoms with Crippen molar-refractivity contribution in [3.8, 4) is 0 Å². The summed E-state index contributed by atoms with van der Waals surface area (Å²) in [5.41, 5.74) is -0.106. The van der Waals surface area contributed by atoms with Crippen LogP contribution in [0.15, 0.2) is 23.1 Å². The molecule has 0 atom stereocenters. The standard InChI is InChI=1S/C11H12N4O2S/c1-7-12-5-8(18-7)6-15(2)11(17)9-3-4-10(16)14-13-9/h3-5H,6H2,1-2H3,(H,14,16). The van der Waals surface area contributed by atoms with Crippen LogP contribution in [0.4, 0.5) is 0 Å². The predicted octanol–water partition coefficient (Wildman–Crippen LogP) is 0.807. The summed E-state index contributed by atoms with van der Waals surface area (Å²) in [5, 5.41) is 6.91. The van der Waals surface area contributed by atoms with Crippen molar-refractivity contribution in [1.29, 1.82) is 0 Å². The molecule has 0 bridgehead atoms. The third-order valence-electron chi connectivity index (χ3n) is 2.31. The lowest BCUT2D eigenvalue weighted by atomic mass is 10.3. The minimum atomic E-state index is -0.327. The van der Waals surface area contributed by atoms with Crippen molar-refractivity contribution in [1.82, 2.24) is 20.1 Å². The maximum absolute atomic E-state index is 12.0. The summed E-state index contributed by atoms with van der Waals surface area (Å²) in [7, 11) is 1.68. The average Bonchev–Trinajstić information content (AvgIpc) is 2.75. The number of carbonyl (C=O) groups is 1. The molecule has 94 valence electrons. The Labute approximate surface area is 107 Å². The van der Waals surface area contributed by atoms with Gasteiger partial charge in [-0.2, -0.15) is 5.10 Å². The Morgan fingerprint density at radius 2 is 2.28 bits per heavy atom. The van der Waals surface area contributed by atoms with Gasteiger partial charge >= 0.3 is 0 Å². The number of thiazole rings is 1. The lowest BCUT2D eigenvalue weighted by molar-refractivity contribution is 0.0779. The number of hydrogen-bond acceptors (Lipinski definition) is 5. The molecule has 0 saturated heterocycles. The molecule has 0 aromatic carbocycles. The van der Waals surface area contributed by atoms with E-state index < -0.39 is 0 Å². The van der Waals surface area contributed by atoms with Gasteiger partial charge in [-0.3, -0.25) is 9.59 Å². The van der Waals surface area contributed by atoms with Crippen molar-refractivity contribution < 1.29 is 4.79 Å². The molecule has 2 rings (SSSR count). The lowest BCUT2D eigenvalue weighted by Gasteiger charge is -2.14. The second-order valence-electron chi connectivity index (χ2n) is 3.81. The zero-order valence-electron chi connectivity index (χ0n) is 10.0. The van der Waals surface area contributed by atoms with Crippen LogP contribution in [0.5, 0.6) is 0 Å². The number of amides is 1. The van der Waals surface area contributed by atoms with E-state index in [0.717, 1.165) is 9.88 Å². The van der Waals surface area contributed by atoms with Crippen LogP contribution in [0.3, 0.4) is 0 Å². The summed E-state index contributed by atoms with van der Waals surface area (Å²) in [6, 6.07) is 2.69. The first-order valence-corrected chi connectivity index (χ1v) is 6.10. The van der Waals surface area contributed by atoms with Crippen LogP contribution in [0.1, 0.15) is 20.4 Å². The van der Waals surface area contributed by atoms with Gasteiger partial charge in [-0.25, -0.2) is 10.1 Å². The molecular weight excluding hydrogens is 252 g/mol. The summed E-state index contributed by atoms with van der Waals surface area (Å²) < 4.78 is 0. The van der Waals surface area contributed by atoms with Crippen molar-refractivity contribution >= 4 is 17.2 Å². The molecule has 2 heterocycles. The third-order valence-corrected chi connectivity index (χ3v) is 3.20. The van der Waals surface area contributed by atoms with Crippen molar-refractivity contribution in [3.63, 3.8) is 0 Å². The first-order chi connectivity index (χ1) is 8.56. The van der Waals surface area contributed by atoms with E-state index in [1.807, 2.05) is 6.92 Å².